The van der Waals surface area contributed by atoms with Crippen molar-refractivity contribution >= 4 is 11.8 Å². The maximum atomic E-state index is 10.1. The second kappa shape index (κ2) is 6.40. The molecular weight excluding hydrogens is 206 g/mol. The molecule has 1 unspecified atom stereocenters. The molecule has 1 fully saturated rings. The predicted molar refractivity (Wildman–Crippen MR) is 64.8 cm³/mol. The quantitative estimate of drug-likeness (QED) is 0.734. The van der Waals surface area contributed by atoms with Gasteiger partial charge in [0.2, 0.25) is 0 Å². The lowest BCUT2D eigenvalue weighted by Crippen LogP contribution is -2.36. The zero-order valence-corrected chi connectivity index (χ0v) is 10.4. The SMILES string of the molecule is CCSCCC(O)C1(C#N)CCCCC1. The van der Waals surface area contributed by atoms with Gasteiger partial charge in [-0.15, -0.1) is 0 Å². The molecule has 1 aliphatic carbocycles. The summed E-state index contributed by atoms with van der Waals surface area (Å²) in [7, 11) is 0. The maximum Gasteiger partial charge on any atom is 0.0832 e. The highest BCUT2D eigenvalue weighted by Gasteiger charge is 2.38. The van der Waals surface area contributed by atoms with E-state index < -0.39 is 11.5 Å². The van der Waals surface area contributed by atoms with E-state index in [2.05, 4.69) is 13.0 Å². The topological polar surface area (TPSA) is 44.0 Å². The van der Waals surface area contributed by atoms with Gasteiger partial charge in [0.1, 0.15) is 0 Å². The second-order valence-electron chi connectivity index (χ2n) is 4.33. The molecule has 15 heavy (non-hydrogen) atoms. The average Bonchev–Trinajstić information content (AvgIpc) is 2.30. The summed E-state index contributed by atoms with van der Waals surface area (Å²) < 4.78 is 0. The molecule has 1 atom stereocenters. The number of hydrogen-bond donors (Lipinski definition) is 1. The number of rotatable bonds is 5. The first-order valence-electron chi connectivity index (χ1n) is 5.92. The van der Waals surface area contributed by atoms with E-state index in [1.807, 2.05) is 11.8 Å². The molecule has 1 saturated carbocycles. The van der Waals surface area contributed by atoms with Gasteiger partial charge in [-0.05, 0) is 30.8 Å². The van der Waals surface area contributed by atoms with E-state index in [0.717, 1.165) is 43.6 Å². The molecule has 0 amide bonds. The fourth-order valence-corrected chi connectivity index (χ4v) is 3.00. The first-order chi connectivity index (χ1) is 7.25. The van der Waals surface area contributed by atoms with Gasteiger partial charge in [0.05, 0.1) is 17.6 Å². The molecule has 0 aliphatic heterocycles. The van der Waals surface area contributed by atoms with Crippen LogP contribution in [0.3, 0.4) is 0 Å². The van der Waals surface area contributed by atoms with Crippen LogP contribution in [0, 0.1) is 16.7 Å². The minimum Gasteiger partial charge on any atom is -0.391 e. The Hall–Kier alpha value is -0.200. The van der Waals surface area contributed by atoms with Gasteiger partial charge in [0.15, 0.2) is 0 Å². The average molecular weight is 227 g/mol. The van der Waals surface area contributed by atoms with Gasteiger partial charge in [-0.2, -0.15) is 17.0 Å². The van der Waals surface area contributed by atoms with Gasteiger partial charge in [-0.3, -0.25) is 0 Å². The Morgan fingerprint density at radius 2 is 2.07 bits per heavy atom. The fraction of sp³-hybridized carbons (Fsp3) is 0.917. The summed E-state index contributed by atoms with van der Waals surface area (Å²) in [5, 5.41) is 19.4. The van der Waals surface area contributed by atoms with Gasteiger partial charge < -0.3 is 5.11 Å². The third-order valence-electron chi connectivity index (χ3n) is 3.35. The monoisotopic (exact) mass is 227 g/mol. The van der Waals surface area contributed by atoms with Crippen molar-refractivity contribution in [2.75, 3.05) is 11.5 Å². The first kappa shape index (κ1) is 12.9. The molecule has 86 valence electrons. The van der Waals surface area contributed by atoms with E-state index >= 15 is 0 Å². The number of aliphatic hydroxyl groups is 1. The summed E-state index contributed by atoms with van der Waals surface area (Å²) in [6, 6.07) is 2.38. The predicted octanol–water partition coefficient (Wildman–Crippen LogP) is 2.96. The first-order valence-corrected chi connectivity index (χ1v) is 7.07. The van der Waals surface area contributed by atoms with Crippen LogP contribution in [0.2, 0.25) is 0 Å². The number of aliphatic hydroxyl groups excluding tert-OH is 1. The summed E-state index contributed by atoms with van der Waals surface area (Å²) in [5.41, 5.74) is -0.424. The molecule has 0 aromatic rings. The van der Waals surface area contributed by atoms with E-state index in [1.165, 1.54) is 6.42 Å². The van der Waals surface area contributed by atoms with E-state index in [4.69, 9.17) is 0 Å². The Labute approximate surface area is 97.1 Å². The number of hydrogen-bond acceptors (Lipinski definition) is 3. The Bertz CT molecular complexity index is 218. The van der Waals surface area contributed by atoms with Gasteiger partial charge in [0.25, 0.3) is 0 Å². The Morgan fingerprint density at radius 1 is 1.40 bits per heavy atom. The van der Waals surface area contributed by atoms with Crippen molar-refractivity contribution in [3.63, 3.8) is 0 Å². The van der Waals surface area contributed by atoms with Crippen LogP contribution in [-0.4, -0.2) is 22.7 Å². The molecule has 0 bridgehead atoms. The van der Waals surface area contributed by atoms with Crippen LogP contribution >= 0.6 is 11.8 Å². The zero-order valence-electron chi connectivity index (χ0n) is 9.54. The molecule has 1 aliphatic rings. The van der Waals surface area contributed by atoms with Crippen LogP contribution in [0.1, 0.15) is 45.4 Å². The van der Waals surface area contributed by atoms with Gasteiger partial charge >= 0.3 is 0 Å². The van der Waals surface area contributed by atoms with E-state index in [0.29, 0.717) is 0 Å². The largest absolute Gasteiger partial charge is 0.391 e. The van der Waals surface area contributed by atoms with E-state index in [1.54, 1.807) is 0 Å². The molecule has 0 spiro atoms. The minimum absolute atomic E-state index is 0.415. The molecule has 2 nitrogen and oxygen atoms in total. The standard InChI is InChI=1S/C12H21NOS/c1-2-15-9-6-11(14)12(10-13)7-4-3-5-8-12/h11,14H,2-9H2,1H3. The van der Waals surface area contributed by atoms with Crippen LogP contribution in [0.25, 0.3) is 0 Å². The summed E-state index contributed by atoms with van der Waals surface area (Å²) in [5.74, 6) is 2.06. The van der Waals surface area contributed by atoms with Crippen LogP contribution in [0.15, 0.2) is 0 Å². The molecule has 0 saturated heterocycles. The number of nitrogens with zero attached hydrogens (tertiary/aromatic N) is 1. The maximum absolute atomic E-state index is 10.1. The number of thioether (sulfide) groups is 1. The highest BCUT2D eigenvalue weighted by molar-refractivity contribution is 7.99. The van der Waals surface area contributed by atoms with E-state index in [-0.39, 0.29) is 0 Å². The summed E-state index contributed by atoms with van der Waals surface area (Å²) in [6.07, 6.45) is 5.56. The highest BCUT2D eigenvalue weighted by atomic mass is 32.2. The molecule has 0 aromatic heterocycles. The lowest BCUT2D eigenvalue weighted by molar-refractivity contribution is 0.0354. The van der Waals surface area contributed by atoms with Crippen molar-refractivity contribution in [3.8, 4) is 6.07 Å². The van der Waals surface area contributed by atoms with Gasteiger partial charge in [0, 0.05) is 0 Å². The Morgan fingerprint density at radius 3 is 2.60 bits per heavy atom. The third kappa shape index (κ3) is 3.39. The van der Waals surface area contributed by atoms with Gasteiger partial charge in [-0.25, -0.2) is 0 Å². The van der Waals surface area contributed by atoms with Crippen molar-refractivity contribution in [1.82, 2.24) is 0 Å². The van der Waals surface area contributed by atoms with Crippen LogP contribution in [0.4, 0.5) is 0 Å². The van der Waals surface area contributed by atoms with Crippen molar-refractivity contribution in [2.45, 2.75) is 51.6 Å². The Kier molecular flexibility index (Phi) is 5.49. The molecular formula is C12H21NOS. The molecule has 0 aromatic carbocycles. The third-order valence-corrected chi connectivity index (χ3v) is 4.28. The summed E-state index contributed by atoms with van der Waals surface area (Å²) in [4.78, 5) is 0. The fourth-order valence-electron chi connectivity index (χ4n) is 2.32. The Balaban J connectivity index is 2.45. The van der Waals surface area contributed by atoms with E-state index in [9.17, 15) is 10.4 Å². The summed E-state index contributed by atoms with van der Waals surface area (Å²) in [6.45, 7) is 2.12. The van der Waals surface area contributed by atoms with Gasteiger partial charge in [-0.1, -0.05) is 26.2 Å². The van der Waals surface area contributed by atoms with Crippen molar-refractivity contribution in [3.05, 3.63) is 0 Å². The normalized spacial score (nSPS) is 21.9. The highest BCUT2D eigenvalue weighted by Crippen LogP contribution is 2.40. The lowest BCUT2D eigenvalue weighted by atomic mass is 9.70. The van der Waals surface area contributed by atoms with Crippen LogP contribution < -0.4 is 0 Å². The minimum atomic E-state index is -0.424. The molecule has 3 heteroatoms. The number of nitriles is 1. The van der Waals surface area contributed by atoms with Crippen LogP contribution in [0.5, 0.6) is 0 Å². The zero-order chi connectivity index (χ0) is 11.1. The summed E-state index contributed by atoms with van der Waals surface area (Å²) >= 11 is 1.84. The molecule has 1 rings (SSSR count). The van der Waals surface area contributed by atoms with Crippen molar-refractivity contribution < 1.29 is 5.11 Å². The van der Waals surface area contributed by atoms with Crippen molar-refractivity contribution in [1.29, 1.82) is 5.26 Å². The second-order valence-corrected chi connectivity index (χ2v) is 5.72. The van der Waals surface area contributed by atoms with Crippen LogP contribution in [-0.2, 0) is 0 Å². The van der Waals surface area contributed by atoms with Crippen molar-refractivity contribution in [2.24, 2.45) is 5.41 Å². The molecule has 1 N–H and O–H groups in total. The lowest BCUT2D eigenvalue weighted by Gasteiger charge is -2.35. The molecule has 0 heterocycles. The smallest absolute Gasteiger partial charge is 0.0832 e. The molecule has 0 radical (unpaired) electrons.